The van der Waals surface area contributed by atoms with Gasteiger partial charge in [0.05, 0.1) is 6.54 Å². The number of alkyl carbamates (subject to hydrolysis) is 1. The molecule has 3 N–H and O–H groups in total. The van der Waals surface area contributed by atoms with Gasteiger partial charge in [0.25, 0.3) is 0 Å². The molecule has 6 nitrogen and oxygen atoms in total. The largest absolute Gasteiger partial charge is 0.444 e. The van der Waals surface area contributed by atoms with E-state index in [-0.39, 0.29) is 29.8 Å². The number of carbonyl (C=O) groups excluding carboxylic acids is 1. The van der Waals surface area contributed by atoms with E-state index in [1.165, 1.54) is 6.07 Å². The first-order valence-corrected chi connectivity index (χ1v) is 8.95. The SMILES string of the molecule is CCNC(=NCc1ccc(C)c(F)c1)NCCCNC(=O)OC(C)(C)C.I. The van der Waals surface area contributed by atoms with Crippen LogP contribution in [0.15, 0.2) is 23.2 Å². The molecule has 1 amide bonds. The molecule has 0 unspecified atom stereocenters. The van der Waals surface area contributed by atoms with Crippen LogP contribution in [0.1, 0.15) is 45.2 Å². The molecular formula is C19H32FIN4O2. The summed E-state index contributed by atoms with van der Waals surface area (Å²) in [6.45, 7) is 11.5. The van der Waals surface area contributed by atoms with Crippen molar-refractivity contribution < 1.29 is 13.9 Å². The van der Waals surface area contributed by atoms with Crippen molar-refractivity contribution in [2.24, 2.45) is 4.99 Å². The fourth-order valence-electron chi connectivity index (χ4n) is 2.05. The molecule has 154 valence electrons. The molecule has 0 radical (unpaired) electrons. The van der Waals surface area contributed by atoms with E-state index in [0.29, 0.717) is 31.2 Å². The van der Waals surface area contributed by atoms with E-state index in [0.717, 1.165) is 18.5 Å². The van der Waals surface area contributed by atoms with Crippen molar-refractivity contribution >= 4 is 36.0 Å². The number of guanidine groups is 1. The van der Waals surface area contributed by atoms with E-state index >= 15 is 0 Å². The van der Waals surface area contributed by atoms with Gasteiger partial charge in [0.2, 0.25) is 0 Å². The maximum atomic E-state index is 13.6. The molecule has 27 heavy (non-hydrogen) atoms. The summed E-state index contributed by atoms with van der Waals surface area (Å²) in [5, 5.41) is 9.05. The Balaban J connectivity index is 0.00000676. The number of nitrogens with one attached hydrogen (secondary N) is 3. The molecular weight excluding hydrogens is 462 g/mol. The first-order valence-electron chi connectivity index (χ1n) is 8.95. The Bertz CT molecular complexity index is 618. The number of amides is 1. The van der Waals surface area contributed by atoms with Crippen LogP contribution in [0.3, 0.4) is 0 Å². The van der Waals surface area contributed by atoms with Crippen molar-refractivity contribution in [3.05, 3.63) is 35.1 Å². The fourth-order valence-corrected chi connectivity index (χ4v) is 2.05. The zero-order chi connectivity index (χ0) is 19.6. The van der Waals surface area contributed by atoms with E-state index in [1.807, 2.05) is 33.8 Å². The average molecular weight is 494 g/mol. The van der Waals surface area contributed by atoms with Crippen molar-refractivity contribution in [1.29, 1.82) is 0 Å². The Morgan fingerprint density at radius 1 is 1.19 bits per heavy atom. The molecule has 0 aliphatic rings. The Morgan fingerprint density at radius 3 is 2.44 bits per heavy atom. The highest BCUT2D eigenvalue weighted by molar-refractivity contribution is 14.0. The van der Waals surface area contributed by atoms with Gasteiger partial charge in [-0.05, 0) is 58.2 Å². The van der Waals surface area contributed by atoms with Gasteiger partial charge >= 0.3 is 6.09 Å². The highest BCUT2D eigenvalue weighted by Gasteiger charge is 2.15. The van der Waals surface area contributed by atoms with E-state index in [1.54, 1.807) is 13.0 Å². The van der Waals surface area contributed by atoms with Crippen LogP contribution in [0.25, 0.3) is 0 Å². The lowest BCUT2D eigenvalue weighted by atomic mass is 10.1. The van der Waals surface area contributed by atoms with Crippen LogP contribution < -0.4 is 16.0 Å². The number of hydrogen-bond donors (Lipinski definition) is 3. The van der Waals surface area contributed by atoms with Crippen molar-refractivity contribution in [2.45, 2.75) is 53.2 Å². The molecule has 0 aliphatic carbocycles. The van der Waals surface area contributed by atoms with Gasteiger partial charge < -0.3 is 20.7 Å². The number of rotatable bonds is 7. The number of hydrogen-bond acceptors (Lipinski definition) is 3. The quantitative estimate of drug-likeness (QED) is 0.234. The maximum absolute atomic E-state index is 13.6. The zero-order valence-corrected chi connectivity index (χ0v) is 19.1. The van der Waals surface area contributed by atoms with Gasteiger partial charge in [0, 0.05) is 19.6 Å². The van der Waals surface area contributed by atoms with E-state index in [4.69, 9.17) is 4.74 Å². The summed E-state index contributed by atoms with van der Waals surface area (Å²) in [4.78, 5) is 16.0. The first kappa shape index (κ1) is 25.4. The number of halogens is 2. The zero-order valence-electron chi connectivity index (χ0n) is 16.8. The molecule has 1 aromatic rings. The Hall–Kier alpha value is -1.58. The van der Waals surface area contributed by atoms with E-state index in [9.17, 15) is 9.18 Å². The third-order valence-corrected chi connectivity index (χ3v) is 3.31. The molecule has 1 aromatic carbocycles. The van der Waals surface area contributed by atoms with E-state index < -0.39 is 11.7 Å². The monoisotopic (exact) mass is 494 g/mol. The van der Waals surface area contributed by atoms with Crippen LogP contribution in [0.4, 0.5) is 9.18 Å². The minimum atomic E-state index is -0.497. The predicted octanol–water partition coefficient (Wildman–Crippen LogP) is 3.72. The van der Waals surface area contributed by atoms with Gasteiger partial charge in [-0.15, -0.1) is 24.0 Å². The summed E-state index contributed by atoms with van der Waals surface area (Å²) in [6.07, 6.45) is 0.308. The lowest BCUT2D eigenvalue weighted by molar-refractivity contribution is 0.0527. The highest BCUT2D eigenvalue weighted by atomic mass is 127. The minimum absolute atomic E-state index is 0. The van der Waals surface area contributed by atoms with Gasteiger partial charge in [-0.1, -0.05) is 12.1 Å². The Kier molecular flexibility index (Phi) is 12.0. The summed E-state index contributed by atoms with van der Waals surface area (Å²) < 4.78 is 18.8. The van der Waals surface area contributed by atoms with Crippen molar-refractivity contribution in [1.82, 2.24) is 16.0 Å². The van der Waals surface area contributed by atoms with Crippen LogP contribution >= 0.6 is 24.0 Å². The van der Waals surface area contributed by atoms with Crippen LogP contribution in [0, 0.1) is 12.7 Å². The topological polar surface area (TPSA) is 74.8 Å². The molecule has 0 bridgehead atoms. The molecule has 0 aromatic heterocycles. The molecule has 0 atom stereocenters. The molecule has 8 heteroatoms. The van der Waals surface area contributed by atoms with Crippen LogP contribution in [-0.4, -0.2) is 37.3 Å². The van der Waals surface area contributed by atoms with E-state index in [2.05, 4.69) is 20.9 Å². The highest BCUT2D eigenvalue weighted by Crippen LogP contribution is 2.10. The number of aryl methyl sites for hydroxylation is 1. The summed E-state index contributed by atoms with van der Waals surface area (Å²) in [5.41, 5.74) is 0.944. The molecule has 0 fully saturated rings. The summed E-state index contributed by atoms with van der Waals surface area (Å²) in [7, 11) is 0. The summed E-state index contributed by atoms with van der Waals surface area (Å²) >= 11 is 0. The molecule has 0 heterocycles. The third kappa shape index (κ3) is 11.7. The second kappa shape index (κ2) is 12.7. The van der Waals surface area contributed by atoms with Crippen LogP contribution in [0.2, 0.25) is 0 Å². The van der Waals surface area contributed by atoms with Crippen molar-refractivity contribution in [2.75, 3.05) is 19.6 Å². The van der Waals surface area contributed by atoms with Crippen molar-refractivity contribution in [3.63, 3.8) is 0 Å². The molecule has 0 saturated carbocycles. The smallest absolute Gasteiger partial charge is 0.407 e. The van der Waals surface area contributed by atoms with Gasteiger partial charge in [0.1, 0.15) is 11.4 Å². The number of aliphatic imine (C=N–C) groups is 1. The van der Waals surface area contributed by atoms with Gasteiger partial charge in [-0.25, -0.2) is 14.2 Å². The summed E-state index contributed by atoms with van der Waals surface area (Å²) in [5.74, 6) is 0.439. The third-order valence-electron chi connectivity index (χ3n) is 3.31. The lowest BCUT2D eigenvalue weighted by Gasteiger charge is -2.19. The summed E-state index contributed by atoms with van der Waals surface area (Å²) in [6, 6.07) is 5.13. The molecule has 1 rings (SSSR count). The number of carbonyl (C=O) groups is 1. The Morgan fingerprint density at radius 2 is 1.85 bits per heavy atom. The van der Waals surface area contributed by atoms with Gasteiger partial charge in [-0.3, -0.25) is 0 Å². The minimum Gasteiger partial charge on any atom is -0.444 e. The molecule has 0 spiro atoms. The van der Waals surface area contributed by atoms with Crippen LogP contribution in [-0.2, 0) is 11.3 Å². The van der Waals surface area contributed by atoms with Crippen molar-refractivity contribution in [3.8, 4) is 0 Å². The van der Waals surface area contributed by atoms with Gasteiger partial charge in [-0.2, -0.15) is 0 Å². The number of nitrogens with zero attached hydrogens (tertiary/aromatic N) is 1. The Labute approximate surface area is 178 Å². The first-order chi connectivity index (χ1) is 12.2. The average Bonchev–Trinajstić information content (AvgIpc) is 2.53. The number of benzene rings is 1. The van der Waals surface area contributed by atoms with Crippen LogP contribution in [0.5, 0.6) is 0 Å². The molecule has 0 aliphatic heterocycles. The maximum Gasteiger partial charge on any atom is 0.407 e. The standard InChI is InChI=1S/C19H31FN4O2.HI/c1-6-21-17(24-13-15-9-8-14(2)16(20)12-15)22-10-7-11-23-18(25)26-19(3,4)5;/h8-9,12H,6-7,10-11,13H2,1-5H3,(H,23,25)(H2,21,22,24);1H. The second-order valence-electron chi connectivity index (χ2n) is 6.99. The predicted molar refractivity (Wildman–Crippen MR) is 118 cm³/mol. The molecule has 0 saturated heterocycles. The number of ether oxygens (including phenoxy) is 1. The van der Waals surface area contributed by atoms with Gasteiger partial charge in [0.15, 0.2) is 5.96 Å². The lowest BCUT2D eigenvalue weighted by Crippen LogP contribution is -2.39. The fraction of sp³-hybridized carbons (Fsp3) is 0.579. The normalized spacial score (nSPS) is 11.4. The second-order valence-corrected chi connectivity index (χ2v) is 6.99.